The Morgan fingerprint density at radius 2 is 2.32 bits per heavy atom. The minimum absolute atomic E-state index is 0.0752. The second-order valence-corrected chi connectivity index (χ2v) is 6.70. The molecule has 0 saturated carbocycles. The Kier molecular flexibility index (Phi) is 3.62. The fourth-order valence-electron chi connectivity index (χ4n) is 2.03. The van der Waals surface area contributed by atoms with E-state index in [9.17, 15) is 13.2 Å². The highest BCUT2D eigenvalue weighted by Gasteiger charge is 2.35. The number of carbonyl (C=O) groups excluding carboxylic acids is 1. The molecule has 1 aromatic heterocycles. The molecule has 10 heteroatoms. The molecule has 2 rings (SSSR count). The molecule has 0 aliphatic carbocycles. The van der Waals surface area contributed by atoms with Gasteiger partial charge in [-0.3, -0.25) is 14.8 Å². The van der Waals surface area contributed by atoms with E-state index in [1.54, 1.807) is 0 Å². The van der Waals surface area contributed by atoms with E-state index >= 15 is 0 Å². The quantitative estimate of drug-likeness (QED) is 0.773. The SMILES string of the molecule is N#Cc1c(N2CC(CS(N)(=O)=O)CC2=O)n[nH]c1Br. The summed E-state index contributed by atoms with van der Waals surface area (Å²) in [4.78, 5) is 13.2. The van der Waals surface area contributed by atoms with Crippen molar-refractivity contribution in [3.8, 4) is 6.07 Å². The number of nitrogens with two attached hydrogens (primary N) is 1. The van der Waals surface area contributed by atoms with Crippen LogP contribution in [0.15, 0.2) is 4.60 Å². The fraction of sp³-hybridized carbons (Fsp3) is 0.444. The van der Waals surface area contributed by atoms with Gasteiger partial charge in [-0.05, 0) is 15.9 Å². The Balaban J connectivity index is 2.23. The smallest absolute Gasteiger partial charge is 0.228 e. The van der Waals surface area contributed by atoms with Crippen LogP contribution in [0.2, 0.25) is 0 Å². The highest BCUT2D eigenvalue weighted by Crippen LogP contribution is 2.29. The molecule has 1 unspecified atom stereocenters. The van der Waals surface area contributed by atoms with E-state index in [1.165, 1.54) is 4.90 Å². The van der Waals surface area contributed by atoms with Crippen molar-refractivity contribution in [3.63, 3.8) is 0 Å². The number of rotatable bonds is 3. The lowest BCUT2D eigenvalue weighted by Crippen LogP contribution is -2.28. The van der Waals surface area contributed by atoms with E-state index in [1.807, 2.05) is 6.07 Å². The zero-order valence-electron chi connectivity index (χ0n) is 9.63. The zero-order chi connectivity index (χ0) is 14.2. The van der Waals surface area contributed by atoms with E-state index in [0.717, 1.165) is 0 Å². The number of sulfonamides is 1. The van der Waals surface area contributed by atoms with Crippen molar-refractivity contribution in [2.75, 3.05) is 17.2 Å². The zero-order valence-corrected chi connectivity index (χ0v) is 12.0. The van der Waals surface area contributed by atoms with E-state index in [-0.39, 0.29) is 41.9 Å². The number of H-pyrrole nitrogens is 1. The lowest BCUT2D eigenvalue weighted by Gasteiger charge is -2.13. The molecule has 0 bridgehead atoms. The molecule has 0 aromatic carbocycles. The lowest BCUT2D eigenvalue weighted by atomic mass is 10.1. The Bertz CT molecular complexity index is 662. The average molecular weight is 348 g/mol. The predicted octanol–water partition coefficient (Wildman–Crippen LogP) is -0.315. The molecule has 2 heterocycles. The van der Waals surface area contributed by atoms with Crippen LogP contribution in [0.4, 0.5) is 5.82 Å². The number of hydrogen-bond donors (Lipinski definition) is 2. The summed E-state index contributed by atoms with van der Waals surface area (Å²) in [5.74, 6) is -0.715. The number of hydrogen-bond acceptors (Lipinski definition) is 5. The van der Waals surface area contributed by atoms with Crippen molar-refractivity contribution < 1.29 is 13.2 Å². The summed E-state index contributed by atoms with van der Waals surface area (Å²) in [5.41, 5.74) is 0.213. The number of aromatic nitrogens is 2. The molecular formula is C9H10BrN5O3S. The molecule has 8 nitrogen and oxygen atoms in total. The highest BCUT2D eigenvalue weighted by atomic mass is 79.9. The number of nitrogens with zero attached hydrogens (tertiary/aromatic N) is 3. The van der Waals surface area contributed by atoms with Gasteiger partial charge in [0.1, 0.15) is 16.2 Å². The van der Waals surface area contributed by atoms with Crippen LogP contribution in [0.3, 0.4) is 0 Å². The largest absolute Gasteiger partial charge is 0.294 e. The van der Waals surface area contributed by atoms with E-state index in [0.29, 0.717) is 4.60 Å². The van der Waals surface area contributed by atoms with Gasteiger partial charge in [-0.15, -0.1) is 0 Å². The second kappa shape index (κ2) is 4.92. The molecule has 1 saturated heterocycles. The minimum Gasteiger partial charge on any atom is -0.294 e. The molecule has 3 N–H and O–H groups in total. The van der Waals surface area contributed by atoms with Crippen LogP contribution in [-0.2, 0) is 14.8 Å². The molecule has 1 amide bonds. The van der Waals surface area contributed by atoms with Crippen molar-refractivity contribution in [1.29, 1.82) is 5.26 Å². The first-order valence-electron chi connectivity index (χ1n) is 5.26. The number of anilines is 1. The topological polar surface area (TPSA) is 133 Å². The van der Waals surface area contributed by atoms with Crippen molar-refractivity contribution in [2.45, 2.75) is 6.42 Å². The van der Waals surface area contributed by atoms with Gasteiger partial charge >= 0.3 is 0 Å². The van der Waals surface area contributed by atoms with Crippen molar-refractivity contribution >= 4 is 37.7 Å². The van der Waals surface area contributed by atoms with E-state index < -0.39 is 10.0 Å². The van der Waals surface area contributed by atoms with Crippen LogP contribution in [0.1, 0.15) is 12.0 Å². The van der Waals surface area contributed by atoms with Crippen LogP contribution in [0, 0.1) is 17.2 Å². The standard InChI is InChI=1S/C9H10BrN5O3S/c10-8-6(2-11)9(14-13-8)15-3-5(1-7(15)16)4-19(12,17)18/h5H,1,3-4H2,(H,13,14)(H2,12,17,18). The molecule has 1 fully saturated rings. The number of nitrogens with one attached hydrogen (secondary N) is 1. The van der Waals surface area contributed by atoms with Gasteiger partial charge in [0.2, 0.25) is 15.9 Å². The number of halogens is 1. The summed E-state index contributed by atoms with van der Waals surface area (Å²) >= 11 is 3.11. The van der Waals surface area contributed by atoms with E-state index in [2.05, 4.69) is 26.1 Å². The summed E-state index contributed by atoms with van der Waals surface area (Å²) < 4.78 is 22.4. The molecule has 1 aliphatic rings. The summed E-state index contributed by atoms with van der Waals surface area (Å²) in [7, 11) is -3.63. The van der Waals surface area contributed by atoms with Gasteiger partial charge in [-0.2, -0.15) is 10.4 Å². The Morgan fingerprint density at radius 1 is 1.63 bits per heavy atom. The van der Waals surface area contributed by atoms with Gasteiger partial charge in [0, 0.05) is 18.9 Å². The van der Waals surface area contributed by atoms with Gasteiger partial charge in [-0.25, -0.2) is 13.6 Å². The summed E-state index contributed by atoms with van der Waals surface area (Å²) in [5, 5.41) is 20.4. The Hall–Kier alpha value is -1.44. The van der Waals surface area contributed by atoms with Crippen molar-refractivity contribution in [2.24, 2.45) is 11.1 Å². The number of nitriles is 1. The van der Waals surface area contributed by atoms with Crippen molar-refractivity contribution in [3.05, 3.63) is 10.2 Å². The molecule has 1 atom stereocenters. The maximum absolute atomic E-state index is 11.9. The number of amides is 1. The van der Waals surface area contributed by atoms with Crippen molar-refractivity contribution in [1.82, 2.24) is 10.2 Å². The third-order valence-corrected chi connectivity index (χ3v) is 4.25. The first-order chi connectivity index (χ1) is 8.81. The summed E-state index contributed by atoms with van der Waals surface area (Å²) in [6.07, 6.45) is 0.0752. The van der Waals surface area contributed by atoms with Crippen LogP contribution in [0.5, 0.6) is 0 Å². The fourth-order valence-corrected chi connectivity index (χ4v) is 3.27. The maximum Gasteiger partial charge on any atom is 0.228 e. The molecular weight excluding hydrogens is 338 g/mol. The molecule has 0 radical (unpaired) electrons. The Labute approximate surface area is 117 Å². The third kappa shape index (κ3) is 2.94. The average Bonchev–Trinajstić information content (AvgIpc) is 2.79. The normalized spacial score (nSPS) is 19.7. The van der Waals surface area contributed by atoms with Crippen LogP contribution in [0.25, 0.3) is 0 Å². The lowest BCUT2D eigenvalue weighted by molar-refractivity contribution is -0.117. The number of carbonyl (C=O) groups is 1. The molecule has 1 aromatic rings. The summed E-state index contributed by atoms with van der Waals surface area (Å²) in [6.45, 7) is 0.182. The molecule has 0 spiro atoms. The van der Waals surface area contributed by atoms with E-state index in [4.69, 9.17) is 10.4 Å². The second-order valence-electron chi connectivity index (χ2n) is 4.25. The predicted molar refractivity (Wildman–Crippen MR) is 69.4 cm³/mol. The van der Waals surface area contributed by atoms with Crippen LogP contribution < -0.4 is 10.0 Å². The van der Waals surface area contributed by atoms with Gasteiger partial charge in [0.15, 0.2) is 5.82 Å². The number of primary sulfonamides is 1. The minimum atomic E-state index is -3.63. The third-order valence-electron chi connectivity index (χ3n) is 2.74. The number of aromatic amines is 1. The van der Waals surface area contributed by atoms with Gasteiger partial charge in [-0.1, -0.05) is 0 Å². The highest BCUT2D eigenvalue weighted by molar-refractivity contribution is 9.10. The Morgan fingerprint density at radius 3 is 2.89 bits per heavy atom. The first-order valence-corrected chi connectivity index (χ1v) is 7.77. The first kappa shape index (κ1) is 14.0. The van der Waals surface area contributed by atoms with Gasteiger partial charge in [0.25, 0.3) is 0 Å². The van der Waals surface area contributed by atoms with Gasteiger partial charge < -0.3 is 0 Å². The molecule has 102 valence electrons. The molecule has 1 aliphatic heterocycles. The van der Waals surface area contributed by atoms with Crippen LogP contribution in [-0.4, -0.2) is 36.8 Å². The maximum atomic E-state index is 11.9. The van der Waals surface area contributed by atoms with Crippen LogP contribution >= 0.6 is 15.9 Å². The molecule has 19 heavy (non-hydrogen) atoms. The van der Waals surface area contributed by atoms with Gasteiger partial charge in [0.05, 0.1) is 5.75 Å². The summed E-state index contributed by atoms with van der Waals surface area (Å²) in [6, 6.07) is 1.93. The monoisotopic (exact) mass is 347 g/mol.